The Kier molecular flexibility index (Phi) is 3.66. The predicted molar refractivity (Wildman–Crippen MR) is 71.5 cm³/mol. The van der Waals surface area contributed by atoms with Crippen LogP contribution in [-0.2, 0) is 0 Å². The van der Waals surface area contributed by atoms with Crippen molar-refractivity contribution in [2.45, 2.75) is 26.3 Å². The van der Waals surface area contributed by atoms with E-state index in [0.29, 0.717) is 0 Å². The van der Waals surface area contributed by atoms with Gasteiger partial charge in [-0.3, -0.25) is 14.7 Å². The monoisotopic (exact) mass is 247 g/mol. The Morgan fingerprint density at radius 2 is 1.67 bits per heavy atom. The van der Waals surface area contributed by atoms with Crippen LogP contribution < -0.4 is 0 Å². The summed E-state index contributed by atoms with van der Waals surface area (Å²) in [5.74, 6) is 0.117. The number of hydrogen-bond acceptors (Lipinski definition) is 3. The van der Waals surface area contributed by atoms with Crippen molar-refractivity contribution in [2.75, 3.05) is 26.2 Å². The largest absolute Gasteiger partial charge is 0.336 e. The Balaban J connectivity index is 1.96. The zero-order valence-corrected chi connectivity index (χ0v) is 11.4. The molecule has 4 nitrogen and oxygen atoms in total. The number of carbonyl (C=O) groups is 1. The first-order valence-corrected chi connectivity index (χ1v) is 6.43. The Bertz CT molecular complexity index is 403. The summed E-state index contributed by atoms with van der Waals surface area (Å²) in [5.41, 5.74) is 0.917. The lowest BCUT2D eigenvalue weighted by atomic mass is 10.0. The number of hydrogen-bond donors (Lipinski definition) is 0. The normalized spacial score (nSPS) is 17.8. The quantitative estimate of drug-likeness (QED) is 0.757. The molecule has 98 valence electrons. The van der Waals surface area contributed by atoms with Gasteiger partial charge in [-0.25, -0.2) is 0 Å². The molecule has 0 aliphatic carbocycles. The molecule has 2 rings (SSSR count). The van der Waals surface area contributed by atoms with E-state index in [4.69, 9.17) is 0 Å². The van der Waals surface area contributed by atoms with Gasteiger partial charge in [-0.1, -0.05) is 0 Å². The third kappa shape index (κ3) is 2.88. The summed E-state index contributed by atoms with van der Waals surface area (Å²) >= 11 is 0. The molecule has 0 unspecified atom stereocenters. The van der Waals surface area contributed by atoms with Crippen molar-refractivity contribution in [3.05, 3.63) is 30.1 Å². The van der Waals surface area contributed by atoms with E-state index >= 15 is 0 Å². The van der Waals surface area contributed by atoms with Gasteiger partial charge >= 0.3 is 0 Å². The van der Waals surface area contributed by atoms with Crippen molar-refractivity contribution < 1.29 is 4.79 Å². The maximum absolute atomic E-state index is 12.2. The molecule has 0 spiro atoms. The van der Waals surface area contributed by atoms with Crippen LogP contribution in [0.15, 0.2) is 24.5 Å². The van der Waals surface area contributed by atoms with Crippen molar-refractivity contribution in [3.8, 4) is 0 Å². The van der Waals surface area contributed by atoms with E-state index in [1.54, 1.807) is 24.5 Å². The SMILES string of the molecule is CC(C)(C)N1CCN(C(=O)c2ccncc2)CC1. The smallest absolute Gasteiger partial charge is 0.254 e. The van der Waals surface area contributed by atoms with Crippen molar-refractivity contribution in [3.63, 3.8) is 0 Å². The highest BCUT2D eigenvalue weighted by Gasteiger charge is 2.27. The summed E-state index contributed by atoms with van der Waals surface area (Å²) in [4.78, 5) is 20.5. The topological polar surface area (TPSA) is 36.4 Å². The summed E-state index contributed by atoms with van der Waals surface area (Å²) in [6.45, 7) is 10.1. The van der Waals surface area contributed by atoms with E-state index in [-0.39, 0.29) is 11.4 Å². The van der Waals surface area contributed by atoms with Gasteiger partial charge in [-0.2, -0.15) is 0 Å². The summed E-state index contributed by atoms with van der Waals surface area (Å²) in [7, 11) is 0. The van der Waals surface area contributed by atoms with Crippen molar-refractivity contribution in [2.24, 2.45) is 0 Å². The van der Waals surface area contributed by atoms with Crippen molar-refractivity contribution >= 4 is 5.91 Å². The molecule has 1 saturated heterocycles. The van der Waals surface area contributed by atoms with Gasteiger partial charge in [-0.15, -0.1) is 0 Å². The first-order chi connectivity index (χ1) is 8.48. The highest BCUT2D eigenvalue weighted by atomic mass is 16.2. The van der Waals surface area contributed by atoms with Crippen LogP contribution in [0.25, 0.3) is 0 Å². The Labute approximate surface area is 109 Å². The molecule has 0 N–H and O–H groups in total. The molecule has 0 bridgehead atoms. The third-order valence-corrected chi connectivity index (χ3v) is 3.44. The van der Waals surface area contributed by atoms with E-state index < -0.39 is 0 Å². The fraction of sp³-hybridized carbons (Fsp3) is 0.571. The van der Waals surface area contributed by atoms with Crippen LogP contribution in [-0.4, -0.2) is 52.4 Å². The molecule has 2 heterocycles. The lowest BCUT2D eigenvalue weighted by Crippen LogP contribution is -2.54. The second-order valence-corrected chi connectivity index (χ2v) is 5.69. The molecule has 4 heteroatoms. The lowest BCUT2D eigenvalue weighted by Gasteiger charge is -2.42. The number of nitrogens with zero attached hydrogens (tertiary/aromatic N) is 3. The van der Waals surface area contributed by atoms with E-state index in [2.05, 4.69) is 30.7 Å². The molecular formula is C14H21N3O. The molecule has 0 radical (unpaired) electrons. The van der Waals surface area contributed by atoms with Crippen LogP contribution in [0, 0.1) is 0 Å². The Morgan fingerprint density at radius 1 is 1.11 bits per heavy atom. The zero-order chi connectivity index (χ0) is 13.2. The van der Waals surface area contributed by atoms with Crippen LogP contribution in [0.3, 0.4) is 0 Å². The Hall–Kier alpha value is -1.42. The van der Waals surface area contributed by atoms with E-state index in [1.807, 2.05) is 4.90 Å². The maximum atomic E-state index is 12.2. The van der Waals surface area contributed by atoms with Crippen molar-refractivity contribution in [1.82, 2.24) is 14.8 Å². The first-order valence-electron chi connectivity index (χ1n) is 6.43. The average Bonchev–Trinajstić information content (AvgIpc) is 2.38. The number of amides is 1. The molecule has 1 aromatic rings. The molecule has 1 aromatic heterocycles. The standard InChI is InChI=1S/C14H21N3O/c1-14(2,3)17-10-8-16(9-11-17)13(18)12-4-6-15-7-5-12/h4-7H,8-11H2,1-3H3. The number of carbonyl (C=O) groups excluding carboxylic acids is 1. The van der Waals surface area contributed by atoms with E-state index in [0.717, 1.165) is 31.7 Å². The third-order valence-electron chi connectivity index (χ3n) is 3.44. The summed E-state index contributed by atoms with van der Waals surface area (Å²) in [6.07, 6.45) is 3.33. The number of rotatable bonds is 1. The minimum atomic E-state index is 0.117. The van der Waals surface area contributed by atoms with Gasteiger partial charge in [0.05, 0.1) is 0 Å². The summed E-state index contributed by atoms with van der Waals surface area (Å²) in [5, 5.41) is 0. The fourth-order valence-corrected chi connectivity index (χ4v) is 2.26. The number of pyridine rings is 1. The molecule has 18 heavy (non-hydrogen) atoms. The summed E-state index contributed by atoms with van der Waals surface area (Å²) < 4.78 is 0. The minimum Gasteiger partial charge on any atom is -0.336 e. The molecular weight excluding hydrogens is 226 g/mol. The average molecular weight is 247 g/mol. The fourth-order valence-electron chi connectivity index (χ4n) is 2.26. The predicted octanol–water partition coefficient (Wildman–Crippen LogP) is 1.64. The van der Waals surface area contributed by atoms with E-state index in [1.165, 1.54) is 0 Å². The number of aromatic nitrogens is 1. The van der Waals surface area contributed by atoms with Gasteiger partial charge in [0.1, 0.15) is 0 Å². The lowest BCUT2D eigenvalue weighted by molar-refractivity contribution is 0.0451. The summed E-state index contributed by atoms with van der Waals surface area (Å²) in [6, 6.07) is 3.55. The molecule has 0 atom stereocenters. The van der Waals surface area contributed by atoms with Gasteiger partial charge in [-0.05, 0) is 32.9 Å². The minimum absolute atomic E-state index is 0.117. The van der Waals surface area contributed by atoms with Gasteiger partial charge in [0, 0.05) is 49.7 Å². The second kappa shape index (κ2) is 5.06. The highest BCUT2D eigenvalue weighted by Crippen LogP contribution is 2.16. The molecule has 0 aromatic carbocycles. The highest BCUT2D eigenvalue weighted by molar-refractivity contribution is 5.94. The van der Waals surface area contributed by atoms with Crippen molar-refractivity contribution in [1.29, 1.82) is 0 Å². The van der Waals surface area contributed by atoms with Crippen LogP contribution >= 0.6 is 0 Å². The van der Waals surface area contributed by atoms with Crippen LogP contribution in [0.5, 0.6) is 0 Å². The maximum Gasteiger partial charge on any atom is 0.254 e. The van der Waals surface area contributed by atoms with Gasteiger partial charge in [0.2, 0.25) is 0 Å². The molecule has 1 aliphatic heterocycles. The van der Waals surface area contributed by atoms with Gasteiger partial charge in [0.25, 0.3) is 5.91 Å². The van der Waals surface area contributed by atoms with Crippen LogP contribution in [0.2, 0.25) is 0 Å². The number of piperazine rings is 1. The van der Waals surface area contributed by atoms with Gasteiger partial charge < -0.3 is 4.90 Å². The molecule has 1 aliphatic rings. The molecule has 0 saturated carbocycles. The zero-order valence-electron chi connectivity index (χ0n) is 11.4. The van der Waals surface area contributed by atoms with Crippen LogP contribution in [0.4, 0.5) is 0 Å². The molecule has 1 fully saturated rings. The second-order valence-electron chi connectivity index (χ2n) is 5.69. The van der Waals surface area contributed by atoms with Gasteiger partial charge in [0.15, 0.2) is 0 Å². The van der Waals surface area contributed by atoms with E-state index in [9.17, 15) is 4.79 Å². The Morgan fingerprint density at radius 3 is 2.17 bits per heavy atom. The molecule has 1 amide bonds. The van der Waals surface area contributed by atoms with Crippen LogP contribution in [0.1, 0.15) is 31.1 Å². The first kappa shape index (κ1) is 13.0.